The number of carbonyl (C=O) groups excluding carboxylic acids is 1. The summed E-state index contributed by atoms with van der Waals surface area (Å²) < 4.78 is 27.7. The Kier molecular flexibility index (Phi) is 7.95. The van der Waals surface area contributed by atoms with Crippen molar-refractivity contribution in [3.05, 3.63) is 69.5 Å². The lowest BCUT2D eigenvalue weighted by Gasteiger charge is -2.48. The largest absolute Gasteiger partial charge is 0.415 e. The Morgan fingerprint density at radius 3 is 2.42 bits per heavy atom. The molecule has 1 aliphatic heterocycles. The number of nitrogens with zero attached hydrogens (tertiary/aromatic N) is 1. The molecule has 2 aromatic rings. The summed E-state index contributed by atoms with van der Waals surface area (Å²) in [4.78, 5) is 15.7. The van der Waals surface area contributed by atoms with E-state index in [1.807, 2.05) is 23.1 Å². The second-order valence-corrected chi connectivity index (χ2v) is 17.2. The fourth-order valence-corrected chi connectivity index (χ4v) is 5.96. The normalized spacial score (nSPS) is 24.2. The van der Waals surface area contributed by atoms with Gasteiger partial charge in [-0.25, -0.2) is 4.39 Å². The van der Waals surface area contributed by atoms with Gasteiger partial charge in [0.2, 0.25) is 0 Å². The van der Waals surface area contributed by atoms with Gasteiger partial charge in [0, 0.05) is 5.02 Å². The van der Waals surface area contributed by atoms with Crippen LogP contribution < -0.4 is 0 Å². The minimum Gasteiger partial charge on any atom is -0.415 e. The third-order valence-electron chi connectivity index (χ3n) is 7.95. The van der Waals surface area contributed by atoms with Gasteiger partial charge >= 0.3 is 0 Å². The first kappa shape index (κ1) is 27.6. The van der Waals surface area contributed by atoms with Gasteiger partial charge in [0.25, 0.3) is 5.91 Å². The molecule has 0 bridgehead atoms. The van der Waals surface area contributed by atoms with Crippen molar-refractivity contribution in [1.29, 1.82) is 0 Å². The average Bonchev–Trinajstić information content (AvgIpc) is 3.63. The van der Waals surface area contributed by atoms with Crippen LogP contribution in [0.4, 0.5) is 4.39 Å². The number of halogens is 3. The molecule has 2 fully saturated rings. The number of ether oxygens (including phenoxy) is 1. The highest BCUT2D eigenvalue weighted by Gasteiger charge is 2.50. The van der Waals surface area contributed by atoms with E-state index in [0.29, 0.717) is 23.1 Å². The summed E-state index contributed by atoms with van der Waals surface area (Å²) in [7, 11) is -2.06. The second-order valence-electron chi connectivity index (χ2n) is 11.6. The minimum atomic E-state index is -2.06. The number of carbonyl (C=O) groups is 1. The summed E-state index contributed by atoms with van der Waals surface area (Å²) in [5, 5.41) is 0.667. The van der Waals surface area contributed by atoms with E-state index in [-0.39, 0.29) is 22.0 Å². The molecule has 0 spiro atoms. The van der Waals surface area contributed by atoms with Crippen molar-refractivity contribution < 1.29 is 18.3 Å². The van der Waals surface area contributed by atoms with Crippen molar-refractivity contribution in [3.63, 3.8) is 0 Å². The van der Waals surface area contributed by atoms with Crippen LogP contribution in [0.25, 0.3) is 0 Å². The van der Waals surface area contributed by atoms with Crippen LogP contribution in [0.5, 0.6) is 0 Å². The van der Waals surface area contributed by atoms with Crippen LogP contribution >= 0.6 is 23.2 Å². The molecule has 2 aliphatic rings. The van der Waals surface area contributed by atoms with E-state index < -0.39 is 32.4 Å². The van der Waals surface area contributed by atoms with Gasteiger partial charge in [-0.1, -0.05) is 62.2 Å². The first-order chi connectivity index (χ1) is 16.8. The molecule has 1 aliphatic carbocycles. The van der Waals surface area contributed by atoms with Crippen molar-refractivity contribution in [2.75, 3.05) is 6.61 Å². The second kappa shape index (κ2) is 10.4. The van der Waals surface area contributed by atoms with Crippen molar-refractivity contribution in [2.45, 2.75) is 83.0 Å². The first-order valence-corrected chi connectivity index (χ1v) is 16.3. The standard InChI is InChI=1S/C28H36Cl2FNO3Si/c1-17-27(33)32(24(18-10-11-18)16-34-36(5,6)28(2,3)4)25(19-12-13-22(30)23(31)15-19)26(35-17)20-8-7-9-21(29)14-20/h7-9,12-15,17-18,24-26H,10-11,16H2,1-6H3. The fourth-order valence-electron chi connectivity index (χ4n) is 4.63. The number of amides is 1. The van der Waals surface area contributed by atoms with Gasteiger partial charge in [-0.2, -0.15) is 0 Å². The zero-order valence-corrected chi connectivity index (χ0v) is 24.4. The zero-order valence-electron chi connectivity index (χ0n) is 21.9. The monoisotopic (exact) mass is 551 g/mol. The SMILES string of the molecule is CC1OC(c2cccc(Cl)c2)C(c2ccc(Cl)c(F)c2)N(C(CO[Si](C)(C)C(C)(C)C)C2CC2)C1=O. The predicted molar refractivity (Wildman–Crippen MR) is 145 cm³/mol. The average molecular weight is 553 g/mol. The van der Waals surface area contributed by atoms with Gasteiger partial charge in [-0.15, -0.1) is 0 Å². The summed E-state index contributed by atoms with van der Waals surface area (Å²) in [5.74, 6) is -0.293. The van der Waals surface area contributed by atoms with Crippen LogP contribution in [-0.4, -0.2) is 37.9 Å². The lowest BCUT2D eigenvalue weighted by molar-refractivity contribution is -0.179. The van der Waals surface area contributed by atoms with Crippen LogP contribution in [0, 0.1) is 11.7 Å². The molecular weight excluding hydrogens is 516 g/mol. The molecule has 4 rings (SSSR count). The Morgan fingerprint density at radius 1 is 1.14 bits per heavy atom. The van der Waals surface area contributed by atoms with Crippen molar-refractivity contribution in [2.24, 2.45) is 5.92 Å². The van der Waals surface area contributed by atoms with E-state index >= 15 is 0 Å². The third-order valence-corrected chi connectivity index (χ3v) is 13.0. The summed E-state index contributed by atoms with van der Waals surface area (Å²) in [5.41, 5.74) is 1.48. The molecule has 0 N–H and O–H groups in total. The highest BCUT2D eigenvalue weighted by molar-refractivity contribution is 6.74. The van der Waals surface area contributed by atoms with Crippen LogP contribution in [0.3, 0.4) is 0 Å². The molecule has 1 saturated carbocycles. The van der Waals surface area contributed by atoms with Gasteiger partial charge in [0.15, 0.2) is 8.32 Å². The summed E-state index contributed by atoms with van der Waals surface area (Å²) in [6.07, 6.45) is 0.893. The molecule has 0 aromatic heterocycles. The summed E-state index contributed by atoms with van der Waals surface area (Å²) in [6, 6.07) is 11.5. The highest BCUT2D eigenvalue weighted by atomic mass is 35.5. The quantitative estimate of drug-likeness (QED) is 0.327. The molecule has 4 nitrogen and oxygen atoms in total. The number of morpholine rings is 1. The third kappa shape index (κ3) is 5.68. The minimum absolute atomic E-state index is 0.0426. The molecule has 1 heterocycles. The topological polar surface area (TPSA) is 38.8 Å². The molecule has 8 heteroatoms. The lowest BCUT2D eigenvalue weighted by atomic mass is 9.89. The smallest absolute Gasteiger partial charge is 0.252 e. The van der Waals surface area contributed by atoms with E-state index in [1.54, 1.807) is 25.1 Å². The maximum atomic E-state index is 14.7. The zero-order chi connectivity index (χ0) is 26.4. The van der Waals surface area contributed by atoms with E-state index in [4.69, 9.17) is 32.4 Å². The maximum Gasteiger partial charge on any atom is 0.252 e. The fraction of sp³-hybridized carbons (Fsp3) is 0.536. The lowest BCUT2D eigenvalue weighted by Crippen LogP contribution is -2.57. The Hall–Kier alpha value is -1.44. The van der Waals surface area contributed by atoms with E-state index in [0.717, 1.165) is 18.4 Å². The highest BCUT2D eigenvalue weighted by Crippen LogP contribution is 2.48. The Balaban J connectivity index is 1.80. The molecular formula is C28H36Cl2FNO3Si. The molecule has 196 valence electrons. The Morgan fingerprint density at radius 2 is 1.83 bits per heavy atom. The van der Waals surface area contributed by atoms with Crippen LogP contribution in [-0.2, 0) is 14.0 Å². The molecule has 36 heavy (non-hydrogen) atoms. The number of hydrogen-bond donors (Lipinski definition) is 0. The molecule has 1 saturated heterocycles. The van der Waals surface area contributed by atoms with E-state index in [1.165, 1.54) is 6.07 Å². The van der Waals surface area contributed by atoms with Crippen molar-refractivity contribution in [1.82, 2.24) is 4.90 Å². The van der Waals surface area contributed by atoms with Crippen molar-refractivity contribution >= 4 is 37.4 Å². The van der Waals surface area contributed by atoms with Crippen LogP contribution in [0.1, 0.15) is 63.8 Å². The number of hydrogen-bond acceptors (Lipinski definition) is 3. The van der Waals surface area contributed by atoms with Gasteiger partial charge in [0.1, 0.15) is 18.0 Å². The van der Waals surface area contributed by atoms with Crippen molar-refractivity contribution in [3.8, 4) is 0 Å². The summed E-state index contributed by atoms with van der Waals surface area (Å²) >= 11 is 12.4. The Bertz CT molecular complexity index is 1120. The van der Waals surface area contributed by atoms with Gasteiger partial charge in [-0.3, -0.25) is 4.79 Å². The first-order valence-electron chi connectivity index (χ1n) is 12.6. The van der Waals surface area contributed by atoms with Gasteiger partial charge in [0.05, 0.1) is 23.7 Å². The Labute approximate surface area is 225 Å². The summed E-state index contributed by atoms with van der Waals surface area (Å²) in [6.45, 7) is 13.3. The number of benzene rings is 2. The van der Waals surface area contributed by atoms with Crippen LogP contribution in [0.15, 0.2) is 42.5 Å². The molecule has 0 radical (unpaired) electrons. The van der Waals surface area contributed by atoms with E-state index in [2.05, 4.69) is 33.9 Å². The van der Waals surface area contributed by atoms with Crippen LogP contribution in [0.2, 0.25) is 28.2 Å². The van der Waals surface area contributed by atoms with Gasteiger partial charge in [-0.05, 0) is 79.2 Å². The van der Waals surface area contributed by atoms with E-state index in [9.17, 15) is 9.18 Å². The molecule has 1 amide bonds. The molecule has 4 atom stereocenters. The maximum absolute atomic E-state index is 14.7. The number of rotatable bonds is 7. The van der Waals surface area contributed by atoms with Gasteiger partial charge < -0.3 is 14.1 Å². The predicted octanol–water partition coefficient (Wildman–Crippen LogP) is 7.96. The molecule has 2 aromatic carbocycles. The molecule has 4 unspecified atom stereocenters.